The minimum atomic E-state index is -1.14. The van der Waals surface area contributed by atoms with Gasteiger partial charge in [-0.25, -0.2) is 0 Å². The Morgan fingerprint density at radius 2 is 1.75 bits per heavy atom. The molecule has 1 saturated heterocycles. The van der Waals surface area contributed by atoms with Gasteiger partial charge < -0.3 is 20.9 Å². The molecule has 5 atom stereocenters. The molecule has 4 amide bonds. The first-order valence-electron chi connectivity index (χ1n) is 14.3. The normalized spacial score (nSPS) is 30.5. The zero-order valence-electron chi connectivity index (χ0n) is 24.2. The number of nitrogens with one attached hydrogen (secondary N) is 3. The van der Waals surface area contributed by atoms with Gasteiger partial charge in [-0.3, -0.25) is 29.0 Å². The van der Waals surface area contributed by atoms with Crippen LogP contribution in [-0.4, -0.2) is 71.0 Å². The van der Waals surface area contributed by atoms with Gasteiger partial charge in [0.2, 0.25) is 23.5 Å². The molecular weight excluding hydrogens is 510 g/mol. The summed E-state index contributed by atoms with van der Waals surface area (Å²) in [7, 11) is 1.36. The molecule has 1 aromatic rings. The number of fused-ring (bicyclic) bond motifs is 1. The maximum absolute atomic E-state index is 14.1. The zero-order valence-corrected chi connectivity index (χ0v) is 24.2. The SMILES string of the molecule is CNC(=O)C(=O)[C@H](Cc1ccccn1)NC(=O)[C@@H]1[C@@H]2[C@H](CN1C(=O)[C@@H](NC(=O)C13CC(C1)C3)C(C)(C)C)C2(C)C. The summed E-state index contributed by atoms with van der Waals surface area (Å²) in [6.45, 7) is 10.3. The Hall–Kier alpha value is -3.30. The van der Waals surface area contributed by atoms with Crippen molar-refractivity contribution < 1.29 is 24.0 Å². The van der Waals surface area contributed by atoms with Gasteiger partial charge in [0.15, 0.2) is 0 Å². The highest BCUT2D eigenvalue weighted by atomic mass is 16.2. The molecule has 4 saturated carbocycles. The maximum Gasteiger partial charge on any atom is 0.289 e. The number of Topliss-reactive ketones (excluding diaryl/α,β-unsaturated/α-hetero) is 1. The Kier molecular flexibility index (Phi) is 6.82. The van der Waals surface area contributed by atoms with Crippen LogP contribution in [0.4, 0.5) is 0 Å². The van der Waals surface area contributed by atoms with E-state index >= 15 is 0 Å². The standard InChI is InChI=1S/C30H41N5O5/c1-28(2,3)23(34-27(40)30-12-16(13-30)14-30)26(39)35-15-18-20(29(18,4)5)21(35)24(37)33-19(22(36)25(38)31-6)11-17-9-7-8-10-32-17/h7-10,16,18-21,23H,11-15H2,1-6H3,(H,31,38)(H,33,37)(H,34,40)/t16?,18-,19-,20-,21-,23+,30?/m0/s1. The van der Waals surface area contributed by atoms with Gasteiger partial charge in [-0.15, -0.1) is 0 Å². The lowest BCUT2D eigenvalue weighted by Crippen LogP contribution is -2.66. The predicted octanol–water partition coefficient (Wildman–Crippen LogP) is 1.24. The Morgan fingerprint density at radius 1 is 1.07 bits per heavy atom. The second kappa shape index (κ2) is 9.66. The van der Waals surface area contributed by atoms with Crippen molar-refractivity contribution in [1.82, 2.24) is 25.8 Å². The first-order chi connectivity index (χ1) is 18.7. The highest BCUT2D eigenvalue weighted by Crippen LogP contribution is 2.65. The molecule has 4 aliphatic carbocycles. The van der Waals surface area contributed by atoms with E-state index in [4.69, 9.17) is 0 Å². The van der Waals surface area contributed by atoms with Crippen LogP contribution in [0, 0.1) is 34.0 Å². The summed E-state index contributed by atoms with van der Waals surface area (Å²) in [5, 5.41) is 8.20. The van der Waals surface area contributed by atoms with Gasteiger partial charge in [-0.05, 0) is 60.0 Å². The first-order valence-corrected chi connectivity index (χ1v) is 14.3. The molecule has 1 aliphatic heterocycles. The van der Waals surface area contributed by atoms with Crippen LogP contribution in [0.15, 0.2) is 24.4 Å². The van der Waals surface area contributed by atoms with Gasteiger partial charge in [0.1, 0.15) is 18.1 Å². The predicted molar refractivity (Wildman–Crippen MR) is 146 cm³/mol. The second-order valence-corrected chi connectivity index (χ2v) is 14.0. The number of rotatable bonds is 9. The number of hydrogen-bond acceptors (Lipinski definition) is 6. The van der Waals surface area contributed by atoms with Crippen molar-refractivity contribution in [3.63, 3.8) is 0 Å². The molecule has 6 rings (SSSR count). The number of piperidine rings is 1. The molecule has 40 heavy (non-hydrogen) atoms. The monoisotopic (exact) mass is 551 g/mol. The maximum atomic E-state index is 14.1. The van der Waals surface area contributed by atoms with Crippen LogP contribution in [0.2, 0.25) is 0 Å². The summed E-state index contributed by atoms with van der Waals surface area (Å²) in [5.74, 6) is -1.73. The highest BCUT2D eigenvalue weighted by Gasteiger charge is 2.70. The van der Waals surface area contributed by atoms with Crippen LogP contribution < -0.4 is 16.0 Å². The third kappa shape index (κ3) is 4.69. The van der Waals surface area contributed by atoms with Crippen molar-refractivity contribution in [3.05, 3.63) is 30.1 Å². The quantitative estimate of drug-likeness (QED) is 0.395. The minimum Gasteiger partial charge on any atom is -0.353 e. The number of aromatic nitrogens is 1. The van der Waals surface area contributed by atoms with E-state index in [0.29, 0.717) is 18.2 Å². The molecule has 0 spiro atoms. The van der Waals surface area contributed by atoms with Crippen molar-refractivity contribution in [2.45, 2.75) is 78.4 Å². The summed E-state index contributed by atoms with van der Waals surface area (Å²) < 4.78 is 0. The molecule has 5 fully saturated rings. The van der Waals surface area contributed by atoms with E-state index in [9.17, 15) is 24.0 Å². The number of nitrogens with zero attached hydrogens (tertiary/aromatic N) is 2. The van der Waals surface area contributed by atoms with Crippen molar-refractivity contribution in [3.8, 4) is 0 Å². The van der Waals surface area contributed by atoms with E-state index in [1.165, 1.54) is 7.05 Å². The largest absolute Gasteiger partial charge is 0.353 e. The number of amides is 4. The molecule has 5 aliphatic rings. The van der Waals surface area contributed by atoms with E-state index in [-0.39, 0.29) is 40.9 Å². The van der Waals surface area contributed by atoms with Crippen molar-refractivity contribution in [1.29, 1.82) is 0 Å². The lowest BCUT2D eigenvalue weighted by Gasteiger charge is -2.60. The first kappa shape index (κ1) is 28.2. The van der Waals surface area contributed by atoms with Gasteiger partial charge in [0, 0.05) is 37.3 Å². The molecule has 2 heterocycles. The fraction of sp³-hybridized carbons (Fsp3) is 0.667. The van der Waals surface area contributed by atoms with Crippen molar-refractivity contribution in [2.24, 2.45) is 34.0 Å². The second-order valence-electron chi connectivity index (χ2n) is 14.0. The van der Waals surface area contributed by atoms with Crippen LogP contribution in [0.25, 0.3) is 0 Å². The number of ketones is 1. The molecule has 3 N–H and O–H groups in total. The average Bonchev–Trinajstić information content (AvgIpc) is 3.16. The molecule has 2 bridgehead atoms. The third-order valence-corrected chi connectivity index (χ3v) is 9.89. The number of hydrogen-bond donors (Lipinski definition) is 3. The summed E-state index contributed by atoms with van der Waals surface area (Å²) in [6.07, 6.45) is 4.28. The molecule has 216 valence electrons. The number of likely N-dealkylation sites (N-methyl/N-ethyl adjacent to an activating group) is 1. The van der Waals surface area contributed by atoms with Gasteiger partial charge in [0.05, 0.1) is 0 Å². The number of pyridine rings is 1. The van der Waals surface area contributed by atoms with Gasteiger partial charge in [-0.1, -0.05) is 40.7 Å². The molecular formula is C30H41N5O5. The summed E-state index contributed by atoms with van der Waals surface area (Å²) in [6, 6.07) is 2.50. The Bertz CT molecular complexity index is 1220. The fourth-order valence-electron chi connectivity index (χ4n) is 7.14. The van der Waals surface area contributed by atoms with Crippen LogP contribution in [0.3, 0.4) is 0 Å². The Balaban J connectivity index is 1.38. The topological polar surface area (TPSA) is 138 Å². The lowest BCUT2D eigenvalue weighted by molar-refractivity contribution is -0.168. The van der Waals surface area contributed by atoms with Crippen LogP contribution >= 0.6 is 0 Å². The van der Waals surface area contributed by atoms with E-state index in [1.54, 1.807) is 29.3 Å². The summed E-state index contributed by atoms with van der Waals surface area (Å²) in [4.78, 5) is 72.3. The Morgan fingerprint density at radius 3 is 2.27 bits per heavy atom. The number of likely N-dealkylation sites (tertiary alicyclic amines) is 1. The van der Waals surface area contributed by atoms with Gasteiger partial charge >= 0.3 is 0 Å². The highest BCUT2D eigenvalue weighted by molar-refractivity contribution is 6.38. The summed E-state index contributed by atoms with van der Waals surface area (Å²) in [5.41, 5.74) is -0.500. The molecule has 10 heteroatoms. The molecule has 0 aromatic carbocycles. The average molecular weight is 552 g/mol. The van der Waals surface area contributed by atoms with E-state index in [2.05, 4.69) is 34.8 Å². The lowest BCUT2D eigenvalue weighted by atomic mass is 9.44. The molecule has 1 aromatic heterocycles. The van der Waals surface area contributed by atoms with Crippen LogP contribution in [0.1, 0.15) is 59.6 Å². The van der Waals surface area contributed by atoms with E-state index < -0.39 is 41.1 Å². The minimum absolute atomic E-state index is 0.0424. The van der Waals surface area contributed by atoms with E-state index in [0.717, 1.165) is 19.3 Å². The number of carbonyl (C=O) groups excluding carboxylic acids is 5. The smallest absolute Gasteiger partial charge is 0.289 e. The Labute approximate surface area is 235 Å². The van der Waals surface area contributed by atoms with Crippen LogP contribution in [-0.2, 0) is 30.4 Å². The fourth-order valence-corrected chi connectivity index (χ4v) is 7.14. The molecule has 10 nitrogen and oxygen atoms in total. The third-order valence-electron chi connectivity index (χ3n) is 9.89. The zero-order chi connectivity index (χ0) is 29.2. The molecule has 0 radical (unpaired) electrons. The van der Waals surface area contributed by atoms with E-state index in [1.807, 2.05) is 20.8 Å². The summed E-state index contributed by atoms with van der Waals surface area (Å²) >= 11 is 0. The van der Waals surface area contributed by atoms with Crippen molar-refractivity contribution in [2.75, 3.05) is 13.6 Å². The number of carbonyl (C=O) groups is 5. The van der Waals surface area contributed by atoms with Crippen LogP contribution in [0.5, 0.6) is 0 Å². The van der Waals surface area contributed by atoms with Gasteiger partial charge in [-0.2, -0.15) is 0 Å². The van der Waals surface area contributed by atoms with Gasteiger partial charge in [0.25, 0.3) is 5.91 Å². The molecule has 0 unspecified atom stereocenters. The van der Waals surface area contributed by atoms with Crippen molar-refractivity contribution >= 4 is 29.4 Å².